The molecule has 0 saturated carbocycles. The van der Waals surface area contributed by atoms with Crippen molar-refractivity contribution in [2.24, 2.45) is 0 Å². The van der Waals surface area contributed by atoms with Crippen LogP contribution in [0, 0.1) is 0 Å². The highest BCUT2D eigenvalue weighted by atomic mass is 32.2. The fourth-order valence-corrected chi connectivity index (χ4v) is 4.57. The number of hydrogen-bond donors (Lipinski definition) is 2. The van der Waals surface area contributed by atoms with Gasteiger partial charge in [-0.2, -0.15) is 8.42 Å². The smallest absolute Gasteiger partial charge is 0.365 e. The predicted molar refractivity (Wildman–Crippen MR) is 122 cm³/mol. The average molecular weight is 439 g/mol. The van der Waals surface area contributed by atoms with Crippen LogP contribution in [0.3, 0.4) is 0 Å². The second kappa shape index (κ2) is 13.5. The number of carbonyl (C=O) groups is 1. The van der Waals surface area contributed by atoms with Crippen LogP contribution >= 0.6 is 0 Å². The van der Waals surface area contributed by atoms with Crippen molar-refractivity contribution < 1.29 is 17.4 Å². The molecular weight excluding hydrogens is 400 g/mol. The van der Waals surface area contributed by atoms with E-state index in [1.165, 1.54) is 89.2 Å². The molecule has 170 valence electrons. The minimum atomic E-state index is -3.77. The molecule has 1 aliphatic rings. The first-order valence-electron chi connectivity index (χ1n) is 11.7. The van der Waals surface area contributed by atoms with Crippen molar-refractivity contribution in [2.45, 2.75) is 96.8 Å². The molecule has 0 saturated heterocycles. The molecule has 1 amide bonds. The second-order valence-corrected chi connectivity index (χ2v) is 9.48. The van der Waals surface area contributed by atoms with Gasteiger partial charge in [0, 0.05) is 12.1 Å². The van der Waals surface area contributed by atoms with Crippen LogP contribution in [0.1, 0.15) is 107 Å². The Morgan fingerprint density at radius 2 is 1.40 bits per heavy atom. The van der Waals surface area contributed by atoms with E-state index in [1.54, 1.807) is 6.07 Å². The Labute approximate surface area is 182 Å². The monoisotopic (exact) mass is 438 g/mol. The molecule has 0 atom stereocenters. The van der Waals surface area contributed by atoms with E-state index < -0.39 is 10.3 Å². The molecule has 1 aliphatic heterocycles. The van der Waals surface area contributed by atoms with Gasteiger partial charge >= 0.3 is 10.3 Å². The number of hydrogen-bond acceptors (Lipinski definition) is 4. The van der Waals surface area contributed by atoms with Gasteiger partial charge in [0.15, 0.2) is 5.75 Å². The molecule has 0 bridgehead atoms. The summed E-state index contributed by atoms with van der Waals surface area (Å²) in [5.41, 5.74) is 0.728. The molecule has 1 aromatic rings. The highest BCUT2D eigenvalue weighted by Gasteiger charge is 2.25. The first-order valence-corrected chi connectivity index (χ1v) is 13.1. The summed E-state index contributed by atoms with van der Waals surface area (Å²) >= 11 is 0. The summed E-state index contributed by atoms with van der Waals surface area (Å²) < 4.78 is 29.7. The highest BCUT2D eigenvalue weighted by molar-refractivity contribution is 7.88. The molecular formula is C23H38N2O4S. The van der Waals surface area contributed by atoms with Crippen LogP contribution in [0.4, 0.5) is 5.69 Å². The predicted octanol–water partition coefficient (Wildman–Crippen LogP) is 5.95. The summed E-state index contributed by atoms with van der Waals surface area (Å²) in [5, 5.41) is 2.90. The van der Waals surface area contributed by atoms with E-state index in [4.69, 9.17) is 4.18 Å². The Hall–Kier alpha value is -1.76. The fourth-order valence-electron chi connectivity index (χ4n) is 3.72. The maximum Gasteiger partial charge on any atom is 0.407 e. The molecule has 7 heteroatoms. The minimum absolute atomic E-state index is 0.196. The summed E-state index contributed by atoms with van der Waals surface area (Å²) in [6.45, 7) is 2.90. The number of nitrogens with one attached hydrogen (secondary N) is 2. The Morgan fingerprint density at radius 3 is 1.97 bits per heavy atom. The SMILES string of the molecule is CCCCCCCCCCCCCCCCNC(=O)c1ccc2c(c1)NS(=O)(=O)O2. The van der Waals surface area contributed by atoms with Crippen molar-refractivity contribution in [1.29, 1.82) is 0 Å². The van der Waals surface area contributed by atoms with Crippen molar-refractivity contribution in [1.82, 2.24) is 5.32 Å². The standard InChI is InChI=1S/C23H38N2O4S/c1-2-3-4-5-6-7-8-9-10-11-12-13-14-15-18-24-23(26)20-16-17-22-21(19-20)25-30(27,28)29-22/h16-17,19,25H,2-15,18H2,1H3,(H,24,26). The third kappa shape index (κ3) is 9.37. The average Bonchev–Trinajstić information content (AvgIpc) is 3.03. The van der Waals surface area contributed by atoms with Crippen molar-refractivity contribution >= 4 is 21.9 Å². The van der Waals surface area contributed by atoms with E-state index in [1.807, 2.05) is 0 Å². The molecule has 0 aliphatic carbocycles. The molecule has 0 radical (unpaired) electrons. The third-order valence-electron chi connectivity index (χ3n) is 5.49. The molecule has 6 nitrogen and oxygen atoms in total. The zero-order valence-corrected chi connectivity index (χ0v) is 19.2. The van der Waals surface area contributed by atoms with Crippen LogP contribution in [0.2, 0.25) is 0 Å². The fraction of sp³-hybridized carbons (Fsp3) is 0.696. The van der Waals surface area contributed by atoms with E-state index in [2.05, 4.69) is 17.0 Å². The van der Waals surface area contributed by atoms with Gasteiger partial charge in [0.2, 0.25) is 0 Å². The topological polar surface area (TPSA) is 84.5 Å². The largest absolute Gasteiger partial charge is 0.407 e. The molecule has 0 unspecified atom stereocenters. The first kappa shape index (κ1) is 24.5. The maximum atomic E-state index is 12.2. The van der Waals surface area contributed by atoms with Gasteiger partial charge in [-0.15, -0.1) is 0 Å². The van der Waals surface area contributed by atoms with Gasteiger partial charge in [-0.05, 0) is 24.6 Å². The Bertz CT molecular complexity index is 750. The van der Waals surface area contributed by atoms with E-state index in [0.29, 0.717) is 17.8 Å². The van der Waals surface area contributed by atoms with E-state index in [0.717, 1.165) is 12.8 Å². The molecule has 1 heterocycles. The molecule has 2 N–H and O–H groups in total. The molecule has 1 aromatic carbocycles. The molecule has 2 rings (SSSR count). The number of fused-ring (bicyclic) bond motifs is 1. The summed E-state index contributed by atoms with van der Waals surface area (Å²) in [6, 6.07) is 4.57. The summed E-state index contributed by atoms with van der Waals surface area (Å²) in [4.78, 5) is 12.2. The van der Waals surface area contributed by atoms with E-state index in [-0.39, 0.29) is 11.7 Å². The van der Waals surface area contributed by atoms with Gasteiger partial charge < -0.3 is 9.50 Å². The van der Waals surface area contributed by atoms with E-state index in [9.17, 15) is 13.2 Å². The van der Waals surface area contributed by atoms with Gasteiger partial charge in [0.05, 0.1) is 5.69 Å². The molecule has 0 fully saturated rings. The second-order valence-electron chi connectivity index (χ2n) is 8.20. The maximum absolute atomic E-state index is 12.2. The lowest BCUT2D eigenvalue weighted by molar-refractivity contribution is 0.0953. The Kier molecular flexibility index (Phi) is 11.0. The van der Waals surface area contributed by atoms with Gasteiger partial charge in [-0.3, -0.25) is 4.79 Å². The normalized spacial score (nSPS) is 14.0. The lowest BCUT2D eigenvalue weighted by Crippen LogP contribution is -2.24. The van der Waals surface area contributed by atoms with Crippen LogP contribution in [0.15, 0.2) is 18.2 Å². The Balaban J connectivity index is 1.43. The summed E-state index contributed by atoms with van der Waals surface area (Å²) in [5.74, 6) is 0.0251. The zero-order chi connectivity index (χ0) is 21.7. The Morgan fingerprint density at radius 1 is 0.867 bits per heavy atom. The van der Waals surface area contributed by atoms with Crippen LogP contribution in [-0.2, 0) is 10.3 Å². The van der Waals surface area contributed by atoms with Gasteiger partial charge in [-0.25, -0.2) is 4.72 Å². The van der Waals surface area contributed by atoms with Crippen molar-refractivity contribution in [3.05, 3.63) is 23.8 Å². The highest BCUT2D eigenvalue weighted by Crippen LogP contribution is 2.33. The van der Waals surface area contributed by atoms with Crippen molar-refractivity contribution in [2.75, 3.05) is 11.3 Å². The minimum Gasteiger partial charge on any atom is -0.365 e. The molecule has 30 heavy (non-hydrogen) atoms. The van der Waals surface area contributed by atoms with Crippen LogP contribution in [-0.4, -0.2) is 20.9 Å². The first-order chi connectivity index (χ1) is 14.5. The summed E-state index contributed by atoms with van der Waals surface area (Å²) in [6.07, 6.45) is 18.3. The van der Waals surface area contributed by atoms with Crippen molar-refractivity contribution in [3.63, 3.8) is 0 Å². The number of amides is 1. The van der Waals surface area contributed by atoms with Gasteiger partial charge in [0.1, 0.15) is 0 Å². The number of unbranched alkanes of at least 4 members (excludes halogenated alkanes) is 13. The quantitative estimate of drug-likeness (QED) is 0.312. The van der Waals surface area contributed by atoms with Crippen LogP contribution in [0.5, 0.6) is 5.75 Å². The lowest BCUT2D eigenvalue weighted by Gasteiger charge is -2.06. The number of rotatable bonds is 16. The third-order valence-corrected chi connectivity index (χ3v) is 6.36. The van der Waals surface area contributed by atoms with Crippen molar-refractivity contribution in [3.8, 4) is 5.75 Å². The number of carbonyl (C=O) groups excluding carboxylic acids is 1. The molecule has 0 spiro atoms. The van der Waals surface area contributed by atoms with Crippen LogP contribution < -0.4 is 14.2 Å². The van der Waals surface area contributed by atoms with E-state index >= 15 is 0 Å². The van der Waals surface area contributed by atoms with Gasteiger partial charge in [0.25, 0.3) is 5.91 Å². The lowest BCUT2D eigenvalue weighted by atomic mass is 10.0. The molecule has 0 aromatic heterocycles. The summed E-state index contributed by atoms with van der Waals surface area (Å²) in [7, 11) is -3.77. The van der Waals surface area contributed by atoms with Crippen LogP contribution in [0.25, 0.3) is 0 Å². The van der Waals surface area contributed by atoms with Gasteiger partial charge in [-0.1, -0.05) is 90.4 Å². The number of anilines is 1. The number of benzene rings is 1. The zero-order valence-electron chi connectivity index (χ0n) is 18.4.